The molecule has 29 heavy (non-hydrogen) atoms. The van der Waals surface area contributed by atoms with Crippen molar-refractivity contribution in [3.8, 4) is 5.75 Å². The summed E-state index contributed by atoms with van der Waals surface area (Å²) in [5.74, 6) is 1.33. The smallest absolute Gasteiger partial charge is 0.263 e. The van der Waals surface area contributed by atoms with Crippen LogP contribution < -0.4 is 10.3 Å². The van der Waals surface area contributed by atoms with E-state index in [0.29, 0.717) is 17.9 Å². The zero-order valence-corrected chi connectivity index (χ0v) is 18.5. The number of aromatic nitrogens is 2. The number of carbonyl (C=O) groups is 1. The fraction of sp³-hybridized carbons (Fsp3) is 0.409. The van der Waals surface area contributed by atoms with Crippen molar-refractivity contribution < 1.29 is 9.53 Å². The Kier molecular flexibility index (Phi) is 5.79. The average molecular weight is 429 g/mol. The fourth-order valence-corrected chi connectivity index (χ4v) is 6.21. The number of Topliss-reactive ketones (excluding diaryl/α,β-unsaturated/α-hetero) is 1. The third-order valence-electron chi connectivity index (χ3n) is 5.40. The monoisotopic (exact) mass is 428 g/mol. The van der Waals surface area contributed by atoms with E-state index in [9.17, 15) is 9.59 Å². The molecule has 152 valence electrons. The third-order valence-corrected chi connectivity index (χ3v) is 7.61. The molecule has 7 heteroatoms. The van der Waals surface area contributed by atoms with Gasteiger partial charge < -0.3 is 4.74 Å². The molecule has 0 fully saturated rings. The second-order valence-electron chi connectivity index (χ2n) is 7.21. The number of methoxy groups -OCH3 is 1. The van der Waals surface area contributed by atoms with Crippen molar-refractivity contribution in [1.82, 2.24) is 9.55 Å². The molecule has 0 saturated carbocycles. The molecule has 0 saturated heterocycles. The van der Waals surface area contributed by atoms with Crippen molar-refractivity contribution in [2.75, 3.05) is 7.11 Å². The summed E-state index contributed by atoms with van der Waals surface area (Å²) >= 11 is 3.19. The van der Waals surface area contributed by atoms with E-state index in [1.54, 1.807) is 36.0 Å². The molecular formula is C22H24N2O3S2. The number of aryl methyl sites for hydroxylation is 2. The van der Waals surface area contributed by atoms with Crippen LogP contribution in [0.5, 0.6) is 5.75 Å². The Balaban J connectivity index is 1.73. The summed E-state index contributed by atoms with van der Waals surface area (Å²) in [7, 11) is 1.62. The number of nitrogens with zero attached hydrogens (tertiary/aromatic N) is 2. The second-order valence-corrected chi connectivity index (χ2v) is 9.23. The topological polar surface area (TPSA) is 61.2 Å². The van der Waals surface area contributed by atoms with Gasteiger partial charge in [-0.05, 0) is 63.3 Å². The Morgan fingerprint density at radius 3 is 2.83 bits per heavy atom. The van der Waals surface area contributed by atoms with E-state index in [-0.39, 0.29) is 11.3 Å². The van der Waals surface area contributed by atoms with Gasteiger partial charge in [0.1, 0.15) is 10.6 Å². The van der Waals surface area contributed by atoms with E-state index in [0.717, 1.165) is 45.9 Å². The SMILES string of the molecule is CCn1c(SCc2cc(C(C)=O)ccc2OC)nc2sc3c(c2c1=O)CCCC3. The Labute approximate surface area is 178 Å². The van der Waals surface area contributed by atoms with E-state index in [4.69, 9.17) is 9.72 Å². The second kappa shape index (κ2) is 8.32. The number of carbonyl (C=O) groups excluding carboxylic acids is 1. The first-order valence-electron chi connectivity index (χ1n) is 9.89. The number of hydrogen-bond donors (Lipinski definition) is 0. The maximum absolute atomic E-state index is 13.2. The molecule has 0 unspecified atom stereocenters. The summed E-state index contributed by atoms with van der Waals surface area (Å²) in [5.41, 5.74) is 2.88. The van der Waals surface area contributed by atoms with Crippen LogP contribution in [0.4, 0.5) is 0 Å². The number of hydrogen-bond acceptors (Lipinski definition) is 6. The molecular weight excluding hydrogens is 404 g/mol. The first-order valence-corrected chi connectivity index (χ1v) is 11.7. The van der Waals surface area contributed by atoms with Gasteiger partial charge in [0.2, 0.25) is 0 Å². The standard InChI is InChI=1S/C22H24N2O3S2/c1-4-24-21(26)19-16-7-5-6-8-18(16)29-20(19)23-22(24)28-12-15-11-14(13(2)25)9-10-17(15)27-3/h9-11H,4-8,12H2,1-3H3. The van der Waals surface area contributed by atoms with Crippen LogP contribution in [0.2, 0.25) is 0 Å². The number of fused-ring (bicyclic) bond motifs is 3. The first-order chi connectivity index (χ1) is 14.0. The maximum Gasteiger partial charge on any atom is 0.263 e. The van der Waals surface area contributed by atoms with Gasteiger partial charge in [0.15, 0.2) is 10.9 Å². The van der Waals surface area contributed by atoms with E-state index in [2.05, 4.69) is 0 Å². The molecule has 4 rings (SSSR count). The zero-order valence-electron chi connectivity index (χ0n) is 16.9. The number of thioether (sulfide) groups is 1. The molecule has 0 atom stereocenters. The number of ketones is 1. The molecule has 5 nitrogen and oxygen atoms in total. The van der Waals surface area contributed by atoms with Gasteiger partial charge in [0, 0.05) is 28.3 Å². The largest absolute Gasteiger partial charge is 0.496 e. The van der Waals surface area contributed by atoms with Crippen LogP contribution in [0.15, 0.2) is 28.2 Å². The summed E-state index contributed by atoms with van der Waals surface area (Å²) in [4.78, 5) is 32.1. The van der Waals surface area contributed by atoms with Crippen LogP contribution in [-0.2, 0) is 25.1 Å². The van der Waals surface area contributed by atoms with E-state index >= 15 is 0 Å². The minimum atomic E-state index is 0.0214. The summed E-state index contributed by atoms with van der Waals surface area (Å²) in [6.07, 6.45) is 4.37. The van der Waals surface area contributed by atoms with E-state index < -0.39 is 0 Å². The van der Waals surface area contributed by atoms with Gasteiger partial charge in [-0.2, -0.15) is 0 Å². The van der Waals surface area contributed by atoms with Crippen LogP contribution in [0.25, 0.3) is 10.2 Å². The number of ether oxygens (including phenoxy) is 1. The maximum atomic E-state index is 13.2. The zero-order chi connectivity index (χ0) is 20.5. The summed E-state index contributed by atoms with van der Waals surface area (Å²) in [6.45, 7) is 4.12. The summed E-state index contributed by atoms with van der Waals surface area (Å²) < 4.78 is 7.24. The van der Waals surface area contributed by atoms with Gasteiger partial charge in [-0.15, -0.1) is 11.3 Å². The number of thiophene rings is 1. The lowest BCUT2D eigenvalue weighted by Gasteiger charge is -2.13. The first kappa shape index (κ1) is 20.2. The molecule has 0 amide bonds. The summed E-state index contributed by atoms with van der Waals surface area (Å²) in [5, 5.41) is 1.55. The van der Waals surface area contributed by atoms with Crippen molar-refractivity contribution in [3.05, 3.63) is 50.1 Å². The minimum Gasteiger partial charge on any atom is -0.496 e. The average Bonchev–Trinajstić information content (AvgIpc) is 3.10. The molecule has 0 bridgehead atoms. The Hall–Kier alpha value is -2.12. The molecule has 0 radical (unpaired) electrons. The lowest BCUT2D eigenvalue weighted by Crippen LogP contribution is -2.23. The van der Waals surface area contributed by atoms with Crippen LogP contribution >= 0.6 is 23.1 Å². The van der Waals surface area contributed by atoms with Crippen molar-refractivity contribution in [1.29, 1.82) is 0 Å². The normalized spacial score (nSPS) is 13.5. The highest BCUT2D eigenvalue weighted by atomic mass is 32.2. The molecule has 3 aromatic rings. The van der Waals surface area contributed by atoms with Gasteiger partial charge in [0.05, 0.1) is 12.5 Å². The molecule has 1 aromatic carbocycles. The van der Waals surface area contributed by atoms with Crippen molar-refractivity contribution in [2.45, 2.75) is 57.0 Å². The number of rotatable bonds is 6. The van der Waals surface area contributed by atoms with E-state index in [1.165, 1.54) is 28.6 Å². The lowest BCUT2D eigenvalue weighted by atomic mass is 9.97. The lowest BCUT2D eigenvalue weighted by molar-refractivity contribution is 0.101. The molecule has 0 N–H and O–H groups in total. The minimum absolute atomic E-state index is 0.0214. The van der Waals surface area contributed by atoms with Gasteiger partial charge in [-0.25, -0.2) is 4.98 Å². The predicted octanol–water partition coefficient (Wildman–Crippen LogP) is 4.86. The Bertz CT molecular complexity index is 1150. The Morgan fingerprint density at radius 1 is 1.31 bits per heavy atom. The van der Waals surface area contributed by atoms with Crippen molar-refractivity contribution in [2.24, 2.45) is 0 Å². The molecule has 1 aliphatic carbocycles. The van der Waals surface area contributed by atoms with Crippen LogP contribution in [0.3, 0.4) is 0 Å². The predicted molar refractivity (Wildman–Crippen MR) is 119 cm³/mol. The molecule has 1 aliphatic rings. The summed E-state index contributed by atoms with van der Waals surface area (Å²) in [6, 6.07) is 5.46. The van der Waals surface area contributed by atoms with Crippen LogP contribution in [-0.4, -0.2) is 22.4 Å². The Morgan fingerprint density at radius 2 is 2.10 bits per heavy atom. The van der Waals surface area contributed by atoms with Crippen molar-refractivity contribution in [3.63, 3.8) is 0 Å². The molecule has 2 heterocycles. The van der Waals surface area contributed by atoms with Crippen LogP contribution in [0, 0.1) is 0 Å². The highest BCUT2D eigenvalue weighted by Crippen LogP contribution is 2.35. The molecule has 0 spiro atoms. The third kappa shape index (κ3) is 3.73. The fourth-order valence-electron chi connectivity index (χ4n) is 3.86. The van der Waals surface area contributed by atoms with Gasteiger partial charge in [0.25, 0.3) is 5.56 Å². The molecule has 2 aromatic heterocycles. The van der Waals surface area contributed by atoms with Crippen molar-refractivity contribution >= 4 is 39.1 Å². The quantitative estimate of drug-likeness (QED) is 0.319. The highest BCUT2D eigenvalue weighted by Gasteiger charge is 2.22. The molecule has 0 aliphatic heterocycles. The van der Waals surface area contributed by atoms with Gasteiger partial charge in [-0.1, -0.05) is 11.8 Å². The highest BCUT2D eigenvalue weighted by molar-refractivity contribution is 7.98. The number of benzene rings is 1. The van der Waals surface area contributed by atoms with Crippen LogP contribution in [0.1, 0.15) is 53.1 Å². The van der Waals surface area contributed by atoms with Gasteiger partial charge in [-0.3, -0.25) is 14.2 Å². The van der Waals surface area contributed by atoms with Gasteiger partial charge >= 0.3 is 0 Å². The van der Waals surface area contributed by atoms with E-state index in [1.807, 2.05) is 19.1 Å².